The maximum atomic E-state index is 5.67. The van der Waals surface area contributed by atoms with Crippen LogP contribution in [0.15, 0.2) is 35.1 Å². The SMILES string of the molecule is Nc1ncnc(Nc2ccccc2I)c1Br. The summed E-state index contributed by atoms with van der Waals surface area (Å²) in [5.41, 5.74) is 6.66. The van der Waals surface area contributed by atoms with E-state index in [0.29, 0.717) is 16.1 Å². The number of benzene rings is 1. The van der Waals surface area contributed by atoms with Crippen LogP contribution < -0.4 is 11.1 Å². The summed E-state index contributed by atoms with van der Waals surface area (Å²) in [6.07, 6.45) is 1.43. The minimum atomic E-state index is 0.420. The first-order valence-electron chi connectivity index (χ1n) is 4.46. The summed E-state index contributed by atoms with van der Waals surface area (Å²) in [5.74, 6) is 1.08. The number of nitrogens with two attached hydrogens (primary N) is 1. The summed E-state index contributed by atoms with van der Waals surface area (Å²) < 4.78 is 1.79. The fraction of sp³-hybridized carbons (Fsp3) is 0. The second-order valence-electron chi connectivity index (χ2n) is 3.03. The van der Waals surface area contributed by atoms with E-state index in [1.807, 2.05) is 24.3 Å². The number of nitrogen functional groups attached to an aromatic ring is 1. The molecular formula is C10H8BrIN4. The van der Waals surface area contributed by atoms with Crippen molar-refractivity contribution in [2.45, 2.75) is 0 Å². The van der Waals surface area contributed by atoms with Crippen molar-refractivity contribution < 1.29 is 0 Å². The molecule has 0 aliphatic heterocycles. The fourth-order valence-electron chi connectivity index (χ4n) is 1.16. The molecule has 1 heterocycles. The molecule has 4 nitrogen and oxygen atoms in total. The van der Waals surface area contributed by atoms with Crippen LogP contribution in [0.4, 0.5) is 17.3 Å². The number of nitrogens with one attached hydrogen (secondary N) is 1. The number of hydrogen-bond acceptors (Lipinski definition) is 4. The molecular weight excluding hydrogens is 383 g/mol. The van der Waals surface area contributed by atoms with Crippen LogP contribution in [-0.4, -0.2) is 9.97 Å². The average Bonchev–Trinajstić information content (AvgIpc) is 2.28. The summed E-state index contributed by atoms with van der Waals surface area (Å²) in [5, 5.41) is 3.20. The number of anilines is 3. The third-order valence-corrected chi connectivity index (χ3v) is 3.67. The molecule has 0 bridgehead atoms. The van der Waals surface area contributed by atoms with E-state index >= 15 is 0 Å². The summed E-state index contributed by atoms with van der Waals surface area (Å²) in [6, 6.07) is 7.94. The van der Waals surface area contributed by atoms with Crippen LogP contribution in [0, 0.1) is 3.57 Å². The lowest BCUT2D eigenvalue weighted by Gasteiger charge is -2.09. The smallest absolute Gasteiger partial charge is 0.150 e. The van der Waals surface area contributed by atoms with Crippen LogP contribution in [0.2, 0.25) is 0 Å². The van der Waals surface area contributed by atoms with Crippen LogP contribution in [0.25, 0.3) is 0 Å². The Labute approximate surface area is 115 Å². The van der Waals surface area contributed by atoms with Gasteiger partial charge in [0.15, 0.2) is 0 Å². The van der Waals surface area contributed by atoms with E-state index in [-0.39, 0.29) is 0 Å². The van der Waals surface area contributed by atoms with Gasteiger partial charge in [0.2, 0.25) is 0 Å². The maximum Gasteiger partial charge on any atom is 0.150 e. The van der Waals surface area contributed by atoms with Crippen LogP contribution in [0.5, 0.6) is 0 Å². The Morgan fingerprint density at radius 3 is 2.75 bits per heavy atom. The Kier molecular flexibility index (Phi) is 3.59. The van der Waals surface area contributed by atoms with Crippen molar-refractivity contribution in [3.63, 3.8) is 0 Å². The van der Waals surface area contributed by atoms with Crippen LogP contribution in [0.3, 0.4) is 0 Å². The minimum absolute atomic E-state index is 0.420. The lowest BCUT2D eigenvalue weighted by Crippen LogP contribution is -2.00. The zero-order valence-corrected chi connectivity index (χ0v) is 11.9. The van der Waals surface area contributed by atoms with Gasteiger partial charge in [-0.05, 0) is 50.7 Å². The van der Waals surface area contributed by atoms with Crippen molar-refractivity contribution in [1.82, 2.24) is 9.97 Å². The van der Waals surface area contributed by atoms with Gasteiger partial charge in [0.05, 0.1) is 5.69 Å². The van der Waals surface area contributed by atoms with Gasteiger partial charge in [-0.1, -0.05) is 12.1 Å². The van der Waals surface area contributed by atoms with Gasteiger partial charge >= 0.3 is 0 Å². The van der Waals surface area contributed by atoms with E-state index in [1.165, 1.54) is 6.33 Å². The normalized spacial score (nSPS) is 10.1. The number of para-hydroxylation sites is 1. The van der Waals surface area contributed by atoms with Gasteiger partial charge in [-0.25, -0.2) is 9.97 Å². The van der Waals surface area contributed by atoms with Crippen molar-refractivity contribution in [3.8, 4) is 0 Å². The predicted octanol–water partition coefficient (Wildman–Crippen LogP) is 3.17. The molecule has 3 N–H and O–H groups in total. The van der Waals surface area contributed by atoms with Crippen molar-refractivity contribution >= 4 is 55.8 Å². The minimum Gasteiger partial charge on any atom is -0.383 e. The molecule has 0 fully saturated rings. The molecule has 0 saturated heterocycles. The second-order valence-corrected chi connectivity index (χ2v) is 4.98. The number of rotatable bonds is 2. The first-order valence-corrected chi connectivity index (χ1v) is 6.33. The molecule has 2 rings (SSSR count). The van der Waals surface area contributed by atoms with Crippen molar-refractivity contribution in [2.24, 2.45) is 0 Å². The molecule has 1 aromatic heterocycles. The Morgan fingerprint density at radius 1 is 1.25 bits per heavy atom. The van der Waals surface area contributed by atoms with Crippen molar-refractivity contribution in [2.75, 3.05) is 11.1 Å². The van der Waals surface area contributed by atoms with Gasteiger partial charge in [-0.3, -0.25) is 0 Å². The highest BCUT2D eigenvalue weighted by Crippen LogP contribution is 2.28. The molecule has 16 heavy (non-hydrogen) atoms. The first kappa shape index (κ1) is 11.6. The molecule has 0 aliphatic carbocycles. The summed E-state index contributed by atoms with van der Waals surface area (Å²) in [4.78, 5) is 8.00. The summed E-state index contributed by atoms with van der Waals surface area (Å²) >= 11 is 5.60. The molecule has 0 atom stereocenters. The molecule has 0 unspecified atom stereocenters. The molecule has 1 aromatic carbocycles. The van der Waals surface area contributed by atoms with Gasteiger partial charge in [0.1, 0.15) is 22.4 Å². The highest BCUT2D eigenvalue weighted by molar-refractivity contribution is 14.1. The predicted molar refractivity (Wildman–Crippen MR) is 76.6 cm³/mol. The van der Waals surface area contributed by atoms with Crippen LogP contribution in [0.1, 0.15) is 0 Å². The molecule has 0 aliphatic rings. The Hall–Kier alpha value is -0.890. The zero-order chi connectivity index (χ0) is 11.5. The number of hydrogen-bond donors (Lipinski definition) is 2. The first-order chi connectivity index (χ1) is 7.68. The highest BCUT2D eigenvalue weighted by atomic mass is 127. The van der Waals surface area contributed by atoms with E-state index in [2.05, 4.69) is 53.8 Å². The van der Waals surface area contributed by atoms with E-state index < -0.39 is 0 Å². The van der Waals surface area contributed by atoms with E-state index in [4.69, 9.17) is 5.73 Å². The average molecular weight is 391 g/mol. The van der Waals surface area contributed by atoms with Crippen LogP contribution in [-0.2, 0) is 0 Å². The zero-order valence-electron chi connectivity index (χ0n) is 8.11. The van der Waals surface area contributed by atoms with Crippen LogP contribution >= 0.6 is 38.5 Å². The van der Waals surface area contributed by atoms with E-state index in [1.54, 1.807) is 0 Å². The Bertz CT molecular complexity index is 518. The fourth-order valence-corrected chi connectivity index (χ4v) is 1.99. The molecule has 0 amide bonds. The molecule has 0 spiro atoms. The lowest BCUT2D eigenvalue weighted by atomic mass is 10.3. The summed E-state index contributed by atoms with van der Waals surface area (Å²) in [6.45, 7) is 0. The number of halogens is 2. The Morgan fingerprint density at radius 2 is 2.00 bits per heavy atom. The molecule has 2 aromatic rings. The summed E-state index contributed by atoms with van der Waals surface area (Å²) in [7, 11) is 0. The third-order valence-electron chi connectivity index (χ3n) is 1.94. The van der Waals surface area contributed by atoms with Gasteiger partial charge in [-0.2, -0.15) is 0 Å². The highest BCUT2D eigenvalue weighted by Gasteiger charge is 2.07. The van der Waals surface area contributed by atoms with Crippen molar-refractivity contribution in [3.05, 3.63) is 38.6 Å². The van der Waals surface area contributed by atoms with Gasteiger partial charge < -0.3 is 11.1 Å². The topological polar surface area (TPSA) is 63.8 Å². The van der Waals surface area contributed by atoms with Crippen molar-refractivity contribution in [1.29, 1.82) is 0 Å². The van der Waals surface area contributed by atoms with E-state index in [0.717, 1.165) is 9.26 Å². The monoisotopic (exact) mass is 390 g/mol. The standard InChI is InChI=1S/C10H8BrIN4/c11-8-9(13)14-5-15-10(8)16-7-4-2-1-3-6(7)12/h1-5H,(H3,13,14,15,16). The lowest BCUT2D eigenvalue weighted by molar-refractivity contribution is 1.16. The molecule has 0 radical (unpaired) electrons. The Balaban J connectivity index is 2.35. The molecule has 82 valence electrons. The van der Waals surface area contributed by atoms with Gasteiger partial charge in [0.25, 0.3) is 0 Å². The largest absolute Gasteiger partial charge is 0.383 e. The second kappa shape index (κ2) is 4.96. The maximum absolute atomic E-state index is 5.67. The molecule has 0 saturated carbocycles. The quantitative estimate of drug-likeness (QED) is 0.773. The number of nitrogens with zero attached hydrogens (tertiary/aromatic N) is 2. The molecule has 6 heteroatoms. The van der Waals surface area contributed by atoms with E-state index in [9.17, 15) is 0 Å². The number of aromatic nitrogens is 2. The third kappa shape index (κ3) is 2.43. The van der Waals surface area contributed by atoms with Gasteiger partial charge in [-0.15, -0.1) is 0 Å². The van der Waals surface area contributed by atoms with Gasteiger partial charge in [0, 0.05) is 3.57 Å².